The minimum Gasteiger partial charge on any atom is -0.294 e. The van der Waals surface area contributed by atoms with Crippen molar-refractivity contribution in [3.05, 3.63) is 59.4 Å². The van der Waals surface area contributed by atoms with E-state index in [4.69, 9.17) is 0 Å². The number of benzene rings is 1. The summed E-state index contributed by atoms with van der Waals surface area (Å²) >= 11 is 0. The number of rotatable bonds is 1. The molecule has 1 aliphatic carbocycles. The van der Waals surface area contributed by atoms with E-state index in [1.807, 2.05) is 24.3 Å². The highest BCUT2D eigenvalue weighted by molar-refractivity contribution is 6.01. The lowest BCUT2D eigenvalue weighted by atomic mass is 9.90. The molecule has 1 aromatic rings. The molecular formula is C16H15NO2. The first kappa shape index (κ1) is 11.9. The number of Topliss-reactive ketones (excluding diaryl/α,β-unsaturated/α-hetero) is 1. The van der Waals surface area contributed by atoms with Crippen LogP contribution in [-0.2, 0) is 4.79 Å². The molecule has 3 nitrogen and oxygen atoms in total. The molecule has 1 aliphatic heterocycles. The third kappa shape index (κ3) is 2.12. The van der Waals surface area contributed by atoms with Crippen molar-refractivity contribution in [1.29, 1.82) is 0 Å². The van der Waals surface area contributed by atoms with Gasteiger partial charge in [0.05, 0.1) is 0 Å². The molecule has 1 heterocycles. The highest BCUT2D eigenvalue weighted by atomic mass is 16.2. The molecule has 0 saturated heterocycles. The summed E-state index contributed by atoms with van der Waals surface area (Å²) in [6, 6.07) is 9.19. The number of ketones is 1. The highest BCUT2D eigenvalue weighted by Crippen LogP contribution is 2.31. The minimum absolute atomic E-state index is 0.0567. The largest absolute Gasteiger partial charge is 0.294 e. The first-order valence-corrected chi connectivity index (χ1v) is 6.58. The van der Waals surface area contributed by atoms with E-state index in [9.17, 15) is 9.59 Å². The molecule has 0 N–H and O–H groups in total. The lowest BCUT2D eigenvalue weighted by Gasteiger charge is -2.30. The number of amides is 1. The first-order chi connectivity index (χ1) is 9.27. The van der Waals surface area contributed by atoms with Gasteiger partial charge in [-0.2, -0.15) is 0 Å². The Labute approximate surface area is 112 Å². The zero-order chi connectivity index (χ0) is 13.2. The van der Waals surface area contributed by atoms with Crippen LogP contribution in [-0.4, -0.2) is 16.6 Å². The standard InChI is InChI=1S/C16H15NO2/c18-15-10-4-9-14-13(15)8-5-11-17(14)16(19)12-6-2-1-3-7-12/h1-3,5-7,11H,4,8-10H2. The van der Waals surface area contributed by atoms with Gasteiger partial charge in [0.2, 0.25) is 0 Å². The van der Waals surface area contributed by atoms with Crippen molar-refractivity contribution in [3.8, 4) is 0 Å². The van der Waals surface area contributed by atoms with Crippen LogP contribution >= 0.6 is 0 Å². The molecule has 0 spiro atoms. The van der Waals surface area contributed by atoms with Gasteiger partial charge in [-0.25, -0.2) is 0 Å². The van der Waals surface area contributed by atoms with E-state index < -0.39 is 0 Å². The Bertz CT molecular complexity index is 584. The van der Waals surface area contributed by atoms with E-state index in [2.05, 4.69) is 0 Å². The van der Waals surface area contributed by atoms with Gasteiger partial charge >= 0.3 is 0 Å². The number of carbonyl (C=O) groups excluding carboxylic acids is 2. The molecule has 19 heavy (non-hydrogen) atoms. The molecule has 96 valence electrons. The summed E-state index contributed by atoms with van der Waals surface area (Å²) in [5, 5.41) is 0. The zero-order valence-corrected chi connectivity index (χ0v) is 10.6. The third-order valence-corrected chi connectivity index (χ3v) is 3.61. The molecule has 3 heteroatoms. The Hall–Kier alpha value is -2.16. The maximum absolute atomic E-state index is 12.5. The second-order valence-corrected chi connectivity index (χ2v) is 4.83. The molecule has 0 unspecified atom stereocenters. The van der Waals surface area contributed by atoms with Crippen molar-refractivity contribution in [3.63, 3.8) is 0 Å². The fourth-order valence-corrected chi connectivity index (χ4v) is 2.65. The lowest BCUT2D eigenvalue weighted by Crippen LogP contribution is -2.31. The highest BCUT2D eigenvalue weighted by Gasteiger charge is 2.28. The second kappa shape index (κ2) is 4.84. The van der Waals surface area contributed by atoms with Crippen molar-refractivity contribution in [1.82, 2.24) is 4.90 Å². The van der Waals surface area contributed by atoms with Crippen LogP contribution in [0, 0.1) is 0 Å². The molecule has 1 amide bonds. The van der Waals surface area contributed by atoms with Gasteiger partial charge in [-0.15, -0.1) is 0 Å². The van der Waals surface area contributed by atoms with Crippen LogP contribution in [0.3, 0.4) is 0 Å². The Kier molecular flexibility index (Phi) is 3.03. The summed E-state index contributed by atoms with van der Waals surface area (Å²) in [4.78, 5) is 26.0. The molecule has 2 aliphatic rings. The Morgan fingerprint density at radius 3 is 2.68 bits per heavy atom. The van der Waals surface area contributed by atoms with E-state index in [0.717, 1.165) is 24.1 Å². The van der Waals surface area contributed by atoms with Crippen molar-refractivity contribution in [2.24, 2.45) is 0 Å². The minimum atomic E-state index is -0.0567. The van der Waals surface area contributed by atoms with Gasteiger partial charge in [0.1, 0.15) is 0 Å². The van der Waals surface area contributed by atoms with Crippen LogP contribution in [0.25, 0.3) is 0 Å². The fraction of sp³-hybridized carbons (Fsp3) is 0.250. The zero-order valence-electron chi connectivity index (χ0n) is 10.6. The van der Waals surface area contributed by atoms with Crippen molar-refractivity contribution < 1.29 is 9.59 Å². The van der Waals surface area contributed by atoms with Gasteiger partial charge < -0.3 is 0 Å². The van der Waals surface area contributed by atoms with E-state index >= 15 is 0 Å². The van der Waals surface area contributed by atoms with Crippen LogP contribution in [0.2, 0.25) is 0 Å². The lowest BCUT2D eigenvalue weighted by molar-refractivity contribution is -0.116. The van der Waals surface area contributed by atoms with E-state index in [0.29, 0.717) is 18.4 Å². The van der Waals surface area contributed by atoms with Crippen LogP contribution in [0.1, 0.15) is 36.0 Å². The maximum Gasteiger partial charge on any atom is 0.262 e. The van der Waals surface area contributed by atoms with Crippen LogP contribution in [0.5, 0.6) is 0 Å². The van der Waals surface area contributed by atoms with Gasteiger partial charge in [0.15, 0.2) is 5.78 Å². The number of allylic oxidation sites excluding steroid dienone is 3. The quantitative estimate of drug-likeness (QED) is 0.771. The molecule has 0 aromatic heterocycles. The topological polar surface area (TPSA) is 37.4 Å². The number of nitrogens with zero attached hydrogens (tertiary/aromatic N) is 1. The first-order valence-electron chi connectivity index (χ1n) is 6.58. The normalized spacial score (nSPS) is 18.5. The van der Waals surface area contributed by atoms with E-state index in [1.54, 1.807) is 23.2 Å². The molecule has 1 aromatic carbocycles. The van der Waals surface area contributed by atoms with Crippen LogP contribution in [0.4, 0.5) is 0 Å². The van der Waals surface area contributed by atoms with E-state index in [-0.39, 0.29) is 11.7 Å². The second-order valence-electron chi connectivity index (χ2n) is 4.83. The summed E-state index contributed by atoms with van der Waals surface area (Å²) in [6.07, 6.45) is 6.61. The summed E-state index contributed by atoms with van der Waals surface area (Å²) in [7, 11) is 0. The number of carbonyl (C=O) groups is 2. The monoisotopic (exact) mass is 253 g/mol. The van der Waals surface area contributed by atoms with Crippen LogP contribution in [0.15, 0.2) is 53.9 Å². The van der Waals surface area contributed by atoms with Gasteiger partial charge in [0, 0.05) is 29.5 Å². The van der Waals surface area contributed by atoms with E-state index in [1.165, 1.54) is 0 Å². The Balaban J connectivity index is 1.96. The third-order valence-electron chi connectivity index (χ3n) is 3.61. The molecule has 0 radical (unpaired) electrons. The Morgan fingerprint density at radius 2 is 1.89 bits per heavy atom. The average molecular weight is 253 g/mol. The molecule has 0 atom stereocenters. The van der Waals surface area contributed by atoms with Gasteiger partial charge in [-0.3, -0.25) is 14.5 Å². The fourth-order valence-electron chi connectivity index (χ4n) is 2.65. The molecule has 3 rings (SSSR count). The summed E-state index contributed by atoms with van der Waals surface area (Å²) in [5.41, 5.74) is 2.37. The molecule has 0 bridgehead atoms. The Morgan fingerprint density at radius 1 is 1.11 bits per heavy atom. The average Bonchev–Trinajstić information content (AvgIpc) is 2.47. The smallest absolute Gasteiger partial charge is 0.262 e. The molecule has 0 saturated carbocycles. The van der Waals surface area contributed by atoms with Crippen molar-refractivity contribution in [2.45, 2.75) is 25.7 Å². The van der Waals surface area contributed by atoms with Gasteiger partial charge in [0.25, 0.3) is 5.91 Å². The summed E-state index contributed by atoms with van der Waals surface area (Å²) in [6.45, 7) is 0. The predicted octanol–water partition coefficient (Wildman–Crippen LogP) is 3.05. The van der Waals surface area contributed by atoms with Gasteiger partial charge in [-0.1, -0.05) is 24.3 Å². The van der Waals surface area contributed by atoms with Crippen molar-refractivity contribution >= 4 is 11.7 Å². The summed E-state index contributed by atoms with van der Waals surface area (Å²) < 4.78 is 0. The molecule has 0 fully saturated rings. The van der Waals surface area contributed by atoms with Crippen molar-refractivity contribution in [2.75, 3.05) is 0 Å². The SMILES string of the molecule is O=C1CCCC2=C1CC=CN2C(=O)c1ccccc1. The number of hydrogen-bond donors (Lipinski definition) is 0. The van der Waals surface area contributed by atoms with Gasteiger partial charge in [-0.05, 0) is 31.4 Å². The summed E-state index contributed by atoms with van der Waals surface area (Å²) in [5.74, 6) is 0.134. The predicted molar refractivity (Wildman–Crippen MR) is 72.3 cm³/mol. The maximum atomic E-state index is 12.5. The molecular weight excluding hydrogens is 238 g/mol. The number of hydrogen-bond acceptors (Lipinski definition) is 2. The van der Waals surface area contributed by atoms with Crippen LogP contribution < -0.4 is 0 Å².